The van der Waals surface area contributed by atoms with E-state index in [0.29, 0.717) is 26.2 Å². The minimum Gasteiger partial charge on any atom is -0.376 e. The van der Waals surface area contributed by atoms with Crippen molar-refractivity contribution in [1.29, 1.82) is 0 Å². The van der Waals surface area contributed by atoms with Crippen molar-refractivity contribution < 1.29 is 14.3 Å². The fourth-order valence-electron chi connectivity index (χ4n) is 0.901. The van der Waals surface area contributed by atoms with E-state index in [-0.39, 0.29) is 11.9 Å². The summed E-state index contributed by atoms with van der Waals surface area (Å²) >= 11 is 0. The molecular formula is C7H12O3. The smallest absolute Gasteiger partial charge is 0.163 e. The summed E-state index contributed by atoms with van der Waals surface area (Å²) in [6, 6.07) is 0. The number of Topliss-reactive ketones (excluding diaryl/α,β-unsaturated/α-hetero) is 1. The van der Waals surface area contributed by atoms with Gasteiger partial charge in [0.15, 0.2) is 5.78 Å². The monoisotopic (exact) mass is 144 g/mol. The van der Waals surface area contributed by atoms with E-state index in [4.69, 9.17) is 9.47 Å². The third-order valence-corrected chi connectivity index (χ3v) is 1.52. The molecule has 1 rings (SSSR count). The molecule has 3 nitrogen and oxygen atoms in total. The van der Waals surface area contributed by atoms with Crippen molar-refractivity contribution >= 4 is 5.78 Å². The van der Waals surface area contributed by atoms with Gasteiger partial charge in [0.25, 0.3) is 0 Å². The first-order valence-corrected chi connectivity index (χ1v) is 3.56. The number of ketones is 1. The molecule has 0 aromatic heterocycles. The van der Waals surface area contributed by atoms with Crippen LogP contribution in [-0.4, -0.2) is 31.7 Å². The Morgan fingerprint density at radius 1 is 1.60 bits per heavy atom. The summed E-state index contributed by atoms with van der Waals surface area (Å²) in [5.74, 6) is 0.139. The van der Waals surface area contributed by atoms with Crippen LogP contribution in [0.15, 0.2) is 0 Å². The van der Waals surface area contributed by atoms with Crippen LogP contribution in [0.5, 0.6) is 0 Å². The lowest BCUT2D eigenvalue weighted by molar-refractivity contribution is -0.144. The first-order valence-electron chi connectivity index (χ1n) is 3.56. The van der Waals surface area contributed by atoms with Gasteiger partial charge in [-0.05, 0) is 0 Å². The molecule has 0 N–H and O–H groups in total. The highest BCUT2D eigenvalue weighted by Gasteiger charge is 2.20. The van der Waals surface area contributed by atoms with E-state index in [1.807, 2.05) is 6.92 Å². The molecule has 1 aliphatic rings. The molecule has 1 unspecified atom stereocenters. The zero-order valence-electron chi connectivity index (χ0n) is 6.13. The first kappa shape index (κ1) is 7.69. The van der Waals surface area contributed by atoms with Gasteiger partial charge in [0, 0.05) is 6.42 Å². The highest BCUT2D eigenvalue weighted by atomic mass is 16.6. The average molecular weight is 144 g/mol. The molecule has 0 radical (unpaired) electrons. The van der Waals surface area contributed by atoms with Crippen LogP contribution < -0.4 is 0 Å². The summed E-state index contributed by atoms with van der Waals surface area (Å²) < 4.78 is 10.2. The molecule has 0 saturated carbocycles. The van der Waals surface area contributed by atoms with Gasteiger partial charge in [0.05, 0.1) is 19.8 Å². The maximum absolute atomic E-state index is 11.0. The standard InChI is InChI=1S/C7H12O3/c1-2-6(8)7-5-9-3-4-10-7/h7H,2-5H2,1H3. The molecular weight excluding hydrogens is 132 g/mol. The Bertz CT molecular complexity index is 116. The van der Waals surface area contributed by atoms with E-state index in [1.165, 1.54) is 0 Å². The molecule has 1 heterocycles. The summed E-state index contributed by atoms with van der Waals surface area (Å²) in [6.07, 6.45) is 0.243. The Hall–Kier alpha value is -0.410. The summed E-state index contributed by atoms with van der Waals surface area (Å²) in [4.78, 5) is 11.0. The van der Waals surface area contributed by atoms with Gasteiger partial charge >= 0.3 is 0 Å². The Morgan fingerprint density at radius 2 is 2.40 bits per heavy atom. The quantitative estimate of drug-likeness (QED) is 0.562. The number of carbonyl (C=O) groups is 1. The van der Waals surface area contributed by atoms with Crippen LogP contribution in [0.4, 0.5) is 0 Å². The fourth-order valence-corrected chi connectivity index (χ4v) is 0.901. The topological polar surface area (TPSA) is 35.5 Å². The molecule has 1 aliphatic heterocycles. The highest BCUT2D eigenvalue weighted by molar-refractivity contribution is 5.82. The van der Waals surface area contributed by atoms with Gasteiger partial charge < -0.3 is 9.47 Å². The highest BCUT2D eigenvalue weighted by Crippen LogP contribution is 2.03. The van der Waals surface area contributed by atoms with Gasteiger partial charge in [0.2, 0.25) is 0 Å². The third-order valence-electron chi connectivity index (χ3n) is 1.52. The van der Waals surface area contributed by atoms with Crippen LogP contribution in [-0.2, 0) is 14.3 Å². The van der Waals surface area contributed by atoms with Crippen molar-refractivity contribution in [2.24, 2.45) is 0 Å². The zero-order valence-corrected chi connectivity index (χ0v) is 6.13. The molecule has 0 spiro atoms. The molecule has 3 heteroatoms. The number of hydrogen-bond acceptors (Lipinski definition) is 3. The van der Waals surface area contributed by atoms with Gasteiger partial charge in [-0.25, -0.2) is 0 Å². The van der Waals surface area contributed by atoms with Crippen LogP contribution in [0.2, 0.25) is 0 Å². The largest absolute Gasteiger partial charge is 0.376 e. The summed E-state index contributed by atoms with van der Waals surface area (Å²) in [7, 11) is 0. The van der Waals surface area contributed by atoms with Crippen molar-refractivity contribution in [2.45, 2.75) is 19.4 Å². The molecule has 0 aliphatic carbocycles. The molecule has 0 amide bonds. The van der Waals surface area contributed by atoms with Crippen LogP contribution in [0, 0.1) is 0 Å². The second kappa shape index (κ2) is 3.68. The maximum Gasteiger partial charge on any atom is 0.163 e. The van der Waals surface area contributed by atoms with Gasteiger partial charge in [-0.15, -0.1) is 0 Å². The predicted octanol–water partition coefficient (Wildman–Crippen LogP) is 0.381. The van der Waals surface area contributed by atoms with Crippen molar-refractivity contribution in [1.82, 2.24) is 0 Å². The van der Waals surface area contributed by atoms with Crippen molar-refractivity contribution in [3.63, 3.8) is 0 Å². The lowest BCUT2D eigenvalue weighted by atomic mass is 10.2. The van der Waals surface area contributed by atoms with E-state index < -0.39 is 0 Å². The number of carbonyl (C=O) groups excluding carboxylic acids is 1. The van der Waals surface area contributed by atoms with Crippen molar-refractivity contribution in [2.75, 3.05) is 19.8 Å². The van der Waals surface area contributed by atoms with E-state index in [1.54, 1.807) is 0 Å². The molecule has 0 bridgehead atoms. The number of ether oxygens (including phenoxy) is 2. The van der Waals surface area contributed by atoms with Crippen molar-refractivity contribution in [3.8, 4) is 0 Å². The van der Waals surface area contributed by atoms with Crippen LogP contribution in [0.1, 0.15) is 13.3 Å². The van der Waals surface area contributed by atoms with Gasteiger partial charge in [-0.3, -0.25) is 4.79 Å². The Morgan fingerprint density at radius 3 is 2.90 bits per heavy atom. The molecule has 0 aromatic rings. The second-order valence-electron chi connectivity index (χ2n) is 2.25. The maximum atomic E-state index is 11.0. The summed E-state index contributed by atoms with van der Waals surface area (Å²) in [5.41, 5.74) is 0. The average Bonchev–Trinajstić information content (AvgIpc) is 2.05. The van der Waals surface area contributed by atoms with Crippen molar-refractivity contribution in [3.05, 3.63) is 0 Å². The lowest BCUT2D eigenvalue weighted by Gasteiger charge is -2.20. The van der Waals surface area contributed by atoms with Gasteiger partial charge in [0.1, 0.15) is 6.10 Å². The molecule has 1 fully saturated rings. The van der Waals surface area contributed by atoms with Crippen LogP contribution >= 0.6 is 0 Å². The fraction of sp³-hybridized carbons (Fsp3) is 0.857. The Labute approximate surface area is 60.3 Å². The SMILES string of the molecule is CCC(=O)C1COCCO1. The Kier molecular flexibility index (Phi) is 2.83. The second-order valence-corrected chi connectivity index (χ2v) is 2.25. The summed E-state index contributed by atoms with van der Waals surface area (Å²) in [6.45, 7) is 3.44. The molecule has 10 heavy (non-hydrogen) atoms. The molecule has 1 atom stereocenters. The van der Waals surface area contributed by atoms with E-state index in [0.717, 1.165) is 0 Å². The molecule has 1 saturated heterocycles. The molecule has 58 valence electrons. The number of hydrogen-bond donors (Lipinski definition) is 0. The van der Waals surface area contributed by atoms with E-state index >= 15 is 0 Å². The third kappa shape index (κ3) is 1.78. The van der Waals surface area contributed by atoms with E-state index in [9.17, 15) is 4.79 Å². The predicted molar refractivity (Wildman–Crippen MR) is 35.9 cm³/mol. The normalized spacial score (nSPS) is 26.3. The van der Waals surface area contributed by atoms with Crippen LogP contribution in [0.25, 0.3) is 0 Å². The minimum absolute atomic E-state index is 0.139. The summed E-state index contributed by atoms with van der Waals surface area (Å²) in [5, 5.41) is 0. The number of rotatable bonds is 2. The van der Waals surface area contributed by atoms with Gasteiger partial charge in [-0.1, -0.05) is 6.92 Å². The van der Waals surface area contributed by atoms with Crippen LogP contribution in [0.3, 0.4) is 0 Å². The van der Waals surface area contributed by atoms with E-state index in [2.05, 4.69) is 0 Å². The van der Waals surface area contributed by atoms with Gasteiger partial charge in [-0.2, -0.15) is 0 Å². The lowest BCUT2D eigenvalue weighted by Crippen LogP contribution is -2.34. The minimum atomic E-state index is -0.293. The zero-order chi connectivity index (χ0) is 7.40. The Balaban J connectivity index is 2.31. The molecule has 0 aromatic carbocycles. The first-order chi connectivity index (χ1) is 4.84.